The number of likely N-dealkylation sites (tertiary alicyclic amines) is 1. The van der Waals surface area contributed by atoms with Gasteiger partial charge >= 0.3 is 0 Å². The Labute approximate surface area is 104 Å². The van der Waals surface area contributed by atoms with Gasteiger partial charge in [0.15, 0.2) is 0 Å². The SMILES string of the molecule is Cl.Cl.OC[C@H]1CCCN1C1CCNCC1. The molecule has 0 spiro atoms. The quantitative estimate of drug-likeness (QED) is 0.776. The molecule has 0 aliphatic carbocycles. The van der Waals surface area contributed by atoms with Gasteiger partial charge < -0.3 is 10.4 Å². The topological polar surface area (TPSA) is 35.5 Å². The van der Waals surface area contributed by atoms with Crippen molar-refractivity contribution < 1.29 is 5.11 Å². The predicted octanol–water partition coefficient (Wildman–Crippen LogP) is 1.04. The van der Waals surface area contributed by atoms with Crippen molar-refractivity contribution in [3.63, 3.8) is 0 Å². The first-order valence-electron chi connectivity index (χ1n) is 5.49. The van der Waals surface area contributed by atoms with E-state index in [9.17, 15) is 5.11 Å². The van der Waals surface area contributed by atoms with Gasteiger partial charge in [0.05, 0.1) is 6.61 Å². The first-order valence-corrected chi connectivity index (χ1v) is 5.49. The molecule has 3 nitrogen and oxygen atoms in total. The van der Waals surface area contributed by atoms with Crippen molar-refractivity contribution in [2.24, 2.45) is 0 Å². The van der Waals surface area contributed by atoms with Crippen LogP contribution in [0.4, 0.5) is 0 Å². The normalized spacial score (nSPS) is 28.2. The highest BCUT2D eigenvalue weighted by Crippen LogP contribution is 2.23. The summed E-state index contributed by atoms with van der Waals surface area (Å²) < 4.78 is 0. The fraction of sp³-hybridized carbons (Fsp3) is 1.00. The van der Waals surface area contributed by atoms with E-state index in [-0.39, 0.29) is 24.8 Å². The smallest absolute Gasteiger partial charge is 0.0586 e. The molecule has 2 aliphatic rings. The minimum atomic E-state index is 0. The third kappa shape index (κ3) is 3.75. The van der Waals surface area contributed by atoms with Crippen molar-refractivity contribution in [2.75, 3.05) is 26.2 Å². The highest BCUT2D eigenvalue weighted by atomic mass is 35.5. The lowest BCUT2D eigenvalue weighted by molar-refractivity contribution is 0.102. The van der Waals surface area contributed by atoms with Gasteiger partial charge in [0, 0.05) is 12.1 Å². The van der Waals surface area contributed by atoms with Crippen LogP contribution in [0, 0.1) is 0 Å². The van der Waals surface area contributed by atoms with Gasteiger partial charge in [-0.2, -0.15) is 0 Å². The number of rotatable bonds is 2. The summed E-state index contributed by atoms with van der Waals surface area (Å²) in [5, 5.41) is 12.6. The van der Waals surface area contributed by atoms with Gasteiger partial charge in [-0.15, -0.1) is 24.8 Å². The Kier molecular flexibility index (Phi) is 7.92. The number of piperidine rings is 1. The van der Waals surface area contributed by atoms with Crippen LogP contribution in [-0.4, -0.2) is 48.3 Å². The first-order chi connectivity index (χ1) is 6.42. The highest BCUT2D eigenvalue weighted by molar-refractivity contribution is 5.85. The fourth-order valence-corrected chi connectivity index (χ4v) is 2.67. The molecule has 2 aliphatic heterocycles. The zero-order chi connectivity index (χ0) is 9.10. The van der Waals surface area contributed by atoms with Crippen LogP contribution in [0.25, 0.3) is 0 Å². The number of halogens is 2. The molecule has 0 radical (unpaired) electrons. The third-order valence-electron chi connectivity index (χ3n) is 3.41. The Hall–Kier alpha value is 0.460. The Bertz CT molecular complexity index is 166. The zero-order valence-electron chi connectivity index (χ0n) is 9.02. The summed E-state index contributed by atoms with van der Waals surface area (Å²) in [6.45, 7) is 3.86. The summed E-state index contributed by atoms with van der Waals surface area (Å²) in [5.41, 5.74) is 0. The molecule has 15 heavy (non-hydrogen) atoms. The predicted molar refractivity (Wildman–Crippen MR) is 67.2 cm³/mol. The van der Waals surface area contributed by atoms with E-state index in [0.29, 0.717) is 12.6 Å². The van der Waals surface area contributed by atoms with Crippen LogP contribution in [0.3, 0.4) is 0 Å². The van der Waals surface area contributed by atoms with Crippen LogP contribution in [0.1, 0.15) is 25.7 Å². The Morgan fingerprint density at radius 1 is 1.13 bits per heavy atom. The summed E-state index contributed by atoms with van der Waals surface area (Å²) in [6.07, 6.45) is 4.99. The van der Waals surface area contributed by atoms with E-state index < -0.39 is 0 Å². The zero-order valence-corrected chi connectivity index (χ0v) is 10.7. The fourth-order valence-electron chi connectivity index (χ4n) is 2.67. The molecule has 5 heteroatoms. The van der Waals surface area contributed by atoms with Gasteiger partial charge in [0.25, 0.3) is 0 Å². The lowest BCUT2D eigenvalue weighted by atomic mass is 10.0. The van der Waals surface area contributed by atoms with E-state index >= 15 is 0 Å². The number of hydrogen-bond donors (Lipinski definition) is 2. The van der Waals surface area contributed by atoms with E-state index in [1.807, 2.05) is 0 Å². The van der Waals surface area contributed by atoms with Gasteiger partial charge in [-0.05, 0) is 45.3 Å². The van der Waals surface area contributed by atoms with Crippen molar-refractivity contribution in [1.29, 1.82) is 0 Å². The average Bonchev–Trinajstić information content (AvgIpc) is 2.67. The Balaban J connectivity index is 0.000000980. The molecule has 0 aromatic heterocycles. The van der Waals surface area contributed by atoms with Crippen LogP contribution in [0.15, 0.2) is 0 Å². The number of aliphatic hydroxyl groups is 1. The van der Waals surface area contributed by atoms with Crippen LogP contribution in [-0.2, 0) is 0 Å². The van der Waals surface area contributed by atoms with Crippen LogP contribution < -0.4 is 5.32 Å². The van der Waals surface area contributed by atoms with E-state index in [0.717, 1.165) is 19.1 Å². The molecule has 92 valence electrons. The number of aliphatic hydroxyl groups excluding tert-OH is 1. The molecule has 0 amide bonds. The molecule has 2 fully saturated rings. The number of hydrogen-bond acceptors (Lipinski definition) is 3. The maximum atomic E-state index is 9.21. The molecule has 0 unspecified atom stereocenters. The standard InChI is InChI=1S/C10H20N2O.2ClH/c13-8-10-2-1-7-12(10)9-3-5-11-6-4-9;;/h9-11,13H,1-8H2;2*1H/t10-;;/m1../s1. The Morgan fingerprint density at radius 2 is 1.80 bits per heavy atom. The van der Waals surface area contributed by atoms with Gasteiger partial charge in [-0.3, -0.25) is 4.90 Å². The molecule has 2 saturated heterocycles. The lowest BCUT2D eigenvalue weighted by Crippen LogP contribution is -2.46. The summed E-state index contributed by atoms with van der Waals surface area (Å²) in [6, 6.07) is 1.20. The molecule has 0 bridgehead atoms. The van der Waals surface area contributed by atoms with Gasteiger partial charge in [-0.1, -0.05) is 0 Å². The molecular weight excluding hydrogens is 235 g/mol. The molecule has 1 atom stereocenters. The maximum Gasteiger partial charge on any atom is 0.0586 e. The monoisotopic (exact) mass is 256 g/mol. The van der Waals surface area contributed by atoms with E-state index in [1.165, 1.54) is 32.2 Å². The molecule has 0 saturated carbocycles. The minimum absolute atomic E-state index is 0. The minimum Gasteiger partial charge on any atom is -0.395 e. The van der Waals surface area contributed by atoms with E-state index in [1.54, 1.807) is 0 Å². The lowest BCUT2D eigenvalue weighted by Gasteiger charge is -2.35. The second kappa shape index (κ2) is 7.69. The van der Waals surface area contributed by atoms with Crippen molar-refractivity contribution in [2.45, 2.75) is 37.8 Å². The summed E-state index contributed by atoms with van der Waals surface area (Å²) in [4.78, 5) is 2.53. The average molecular weight is 257 g/mol. The molecule has 0 aromatic carbocycles. The third-order valence-corrected chi connectivity index (χ3v) is 3.41. The van der Waals surface area contributed by atoms with Crippen LogP contribution in [0.2, 0.25) is 0 Å². The summed E-state index contributed by atoms with van der Waals surface area (Å²) in [5.74, 6) is 0. The molecule has 0 aromatic rings. The largest absolute Gasteiger partial charge is 0.395 e. The number of nitrogens with zero attached hydrogens (tertiary/aromatic N) is 1. The van der Waals surface area contributed by atoms with Crippen LogP contribution in [0.5, 0.6) is 0 Å². The molecule has 2 rings (SSSR count). The maximum absolute atomic E-state index is 9.21. The molecular formula is C10H22Cl2N2O. The summed E-state index contributed by atoms with van der Waals surface area (Å²) >= 11 is 0. The van der Waals surface area contributed by atoms with E-state index in [4.69, 9.17) is 0 Å². The van der Waals surface area contributed by atoms with Crippen molar-refractivity contribution in [3.05, 3.63) is 0 Å². The van der Waals surface area contributed by atoms with Gasteiger partial charge in [0.2, 0.25) is 0 Å². The second-order valence-electron chi connectivity index (χ2n) is 4.20. The van der Waals surface area contributed by atoms with Crippen molar-refractivity contribution in [3.8, 4) is 0 Å². The summed E-state index contributed by atoms with van der Waals surface area (Å²) in [7, 11) is 0. The van der Waals surface area contributed by atoms with Crippen LogP contribution >= 0.6 is 24.8 Å². The van der Waals surface area contributed by atoms with Crippen molar-refractivity contribution >= 4 is 24.8 Å². The number of nitrogens with one attached hydrogen (secondary N) is 1. The van der Waals surface area contributed by atoms with E-state index in [2.05, 4.69) is 10.2 Å². The molecule has 2 heterocycles. The highest BCUT2D eigenvalue weighted by Gasteiger charge is 2.30. The molecule has 2 N–H and O–H groups in total. The first kappa shape index (κ1) is 15.5. The Morgan fingerprint density at radius 3 is 2.40 bits per heavy atom. The van der Waals surface area contributed by atoms with Crippen molar-refractivity contribution in [1.82, 2.24) is 10.2 Å². The van der Waals surface area contributed by atoms with Gasteiger partial charge in [-0.25, -0.2) is 0 Å². The van der Waals surface area contributed by atoms with Gasteiger partial charge in [0.1, 0.15) is 0 Å². The second-order valence-corrected chi connectivity index (χ2v) is 4.20.